The van der Waals surface area contributed by atoms with Gasteiger partial charge in [0.2, 0.25) is 0 Å². The maximum atomic E-state index is 5.80. The predicted octanol–water partition coefficient (Wildman–Crippen LogP) is 1.04. The van der Waals surface area contributed by atoms with Crippen molar-refractivity contribution in [3.8, 4) is 0 Å². The summed E-state index contributed by atoms with van der Waals surface area (Å²) < 4.78 is 5.08. The molecule has 0 aliphatic carbocycles. The molecule has 0 bridgehead atoms. The zero-order valence-electron chi connectivity index (χ0n) is 9.56. The Morgan fingerprint density at radius 3 is 3.00 bits per heavy atom. The van der Waals surface area contributed by atoms with E-state index in [1.165, 1.54) is 6.33 Å². The van der Waals surface area contributed by atoms with E-state index in [1.807, 2.05) is 0 Å². The molecular formula is C10H14ClN5O. The maximum absolute atomic E-state index is 5.80. The van der Waals surface area contributed by atoms with Crippen molar-refractivity contribution in [3.05, 3.63) is 12.7 Å². The first kappa shape index (κ1) is 12.1. The van der Waals surface area contributed by atoms with Crippen LogP contribution in [0.4, 0.5) is 5.82 Å². The van der Waals surface area contributed by atoms with Crippen LogP contribution in [0.3, 0.4) is 0 Å². The molecule has 0 saturated carbocycles. The number of halogens is 1. The number of aromatic amines is 1. The van der Waals surface area contributed by atoms with E-state index < -0.39 is 0 Å². The minimum atomic E-state index is 0.531. The van der Waals surface area contributed by atoms with E-state index in [1.54, 1.807) is 13.4 Å². The van der Waals surface area contributed by atoms with Gasteiger partial charge in [0.1, 0.15) is 11.8 Å². The van der Waals surface area contributed by atoms with Crippen LogP contribution in [0.15, 0.2) is 12.7 Å². The normalized spacial score (nSPS) is 10.9. The molecule has 0 atom stereocenters. The van der Waals surface area contributed by atoms with Gasteiger partial charge in [0.25, 0.3) is 0 Å². The lowest BCUT2D eigenvalue weighted by Crippen LogP contribution is -2.30. The van der Waals surface area contributed by atoms with Crippen molar-refractivity contribution in [1.29, 1.82) is 0 Å². The molecule has 92 valence electrons. The quantitative estimate of drug-likeness (QED) is 0.782. The van der Waals surface area contributed by atoms with Gasteiger partial charge in [-0.3, -0.25) is 0 Å². The lowest BCUT2D eigenvalue weighted by Gasteiger charge is -2.22. The first-order chi connectivity index (χ1) is 8.36. The van der Waals surface area contributed by atoms with Crippen molar-refractivity contribution >= 4 is 28.6 Å². The lowest BCUT2D eigenvalue weighted by molar-refractivity contribution is 0.205. The van der Waals surface area contributed by atoms with Gasteiger partial charge >= 0.3 is 0 Å². The minimum absolute atomic E-state index is 0.531. The fourth-order valence-electron chi connectivity index (χ4n) is 1.62. The molecule has 0 saturated heterocycles. The Kier molecular flexibility index (Phi) is 4.11. The van der Waals surface area contributed by atoms with Gasteiger partial charge in [-0.25, -0.2) is 15.0 Å². The summed E-state index contributed by atoms with van der Waals surface area (Å²) in [5, 5.41) is 0. The summed E-state index contributed by atoms with van der Waals surface area (Å²) in [4.78, 5) is 17.6. The number of alkyl halides is 1. The molecule has 2 aromatic rings. The Bertz CT molecular complexity index is 474. The number of rotatable bonds is 6. The molecule has 1 N–H and O–H groups in total. The number of nitrogens with one attached hydrogen (secondary N) is 1. The first-order valence-corrected chi connectivity index (χ1v) is 5.84. The third-order valence-corrected chi connectivity index (χ3v) is 2.59. The molecule has 17 heavy (non-hydrogen) atoms. The number of ether oxygens (including phenoxy) is 1. The van der Waals surface area contributed by atoms with Crippen LogP contribution in [-0.2, 0) is 4.74 Å². The Morgan fingerprint density at radius 1 is 1.35 bits per heavy atom. The first-order valence-electron chi connectivity index (χ1n) is 5.30. The highest BCUT2D eigenvalue weighted by molar-refractivity contribution is 6.18. The molecule has 0 aliphatic rings. The second-order valence-corrected chi connectivity index (χ2v) is 3.85. The van der Waals surface area contributed by atoms with E-state index >= 15 is 0 Å². The van der Waals surface area contributed by atoms with Crippen LogP contribution in [-0.4, -0.2) is 52.6 Å². The van der Waals surface area contributed by atoms with E-state index in [0.29, 0.717) is 24.7 Å². The number of nitrogens with zero attached hydrogens (tertiary/aromatic N) is 4. The molecule has 0 spiro atoms. The van der Waals surface area contributed by atoms with Crippen molar-refractivity contribution in [2.24, 2.45) is 0 Å². The van der Waals surface area contributed by atoms with Crippen molar-refractivity contribution in [3.63, 3.8) is 0 Å². The van der Waals surface area contributed by atoms with Crippen molar-refractivity contribution in [1.82, 2.24) is 19.9 Å². The molecule has 0 aliphatic heterocycles. The molecule has 7 heteroatoms. The van der Waals surface area contributed by atoms with Crippen LogP contribution in [0.5, 0.6) is 0 Å². The van der Waals surface area contributed by atoms with Gasteiger partial charge in [-0.1, -0.05) is 0 Å². The van der Waals surface area contributed by atoms with Gasteiger partial charge in [0.15, 0.2) is 11.5 Å². The summed E-state index contributed by atoms with van der Waals surface area (Å²) in [5.74, 6) is 1.34. The van der Waals surface area contributed by atoms with Crippen LogP contribution < -0.4 is 4.90 Å². The van der Waals surface area contributed by atoms with E-state index in [2.05, 4.69) is 24.8 Å². The van der Waals surface area contributed by atoms with E-state index in [9.17, 15) is 0 Å². The molecule has 0 amide bonds. The average molecular weight is 256 g/mol. The second-order valence-electron chi connectivity index (χ2n) is 3.47. The molecule has 0 radical (unpaired) electrons. The van der Waals surface area contributed by atoms with E-state index in [0.717, 1.165) is 17.9 Å². The second kappa shape index (κ2) is 5.79. The summed E-state index contributed by atoms with van der Waals surface area (Å²) in [6.07, 6.45) is 3.12. The molecule has 0 aromatic carbocycles. The van der Waals surface area contributed by atoms with Gasteiger partial charge in [0.05, 0.1) is 12.9 Å². The van der Waals surface area contributed by atoms with Gasteiger partial charge in [-0.15, -0.1) is 11.6 Å². The number of fused-ring (bicyclic) bond motifs is 1. The highest BCUT2D eigenvalue weighted by Gasteiger charge is 2.13. The number of hydrogen-bond donors (Lipinski definition) is 1. The largest absolute Gasteiger partial charge is 0.383 e. The fraction of sp³-hybridized carbons (Fsp3) is 0.500. The topological polar surface area (TPSA) is 66.9 Å². The Labute approximate surface area is 104 Å². The van der Waals surface area contributed by atoms with Gasteiger partial charge in [-0.05, 0) is 0 Å². The van der Waals surface area contributed by atoms with E-state index in [-0.39, 0.29) is 0 Å². The van der Waals surface area contributed by atoms with Gasteiger partial charge in [-0.2, -0.15) is 0 Å². The highest BCUT2D eigenvalue weighted by atomic mass is 35.5. The number of hydrogen-bond acceptors (Lipinski definition) is 5. The summed E-state index contributed by atoms with van der Waals surface area (Å²) >= 11 is 5.80. The molecule has 2 aromatic heterocycles. The summed E-state index contributed by atoms with van der Waals surface area (Å²) in [7, 11) is 1.67. The molecule has 0 unspecified atom stereocenters. The highest BCUT2D eigenvalue weighted by Crippen LogP contribution is 2.19. The number of methoxy groups -OCH3 is 1. The smallest absolute Gasteiger partial charge is 0.182 e. The average Bonchev–Trinajstić information content (AvgIpc) is 2.82. The van der Waals surface area contributed by atoms with Gasteiger partial charge < -0.3 is 14.6 Å². The monoisotopic (exact) mass is 255 g/mol. The SMILES string of the molecule is COCCN(CCCl)c1ncnc2nc[nH]c12. The third-order valence-electron chi connectivity index (χ3n) is 2.42. The summed E-state index contributed by atoms with van der Waals surface area (Å²) in [6.45, 7) is 2.06. The number of aromatic nitrogens is 4. The zero-order valence-corrected chi connectivity index (χ0v) is 10.3. The predicted molar refractivity (Wildman–Crippen MR) is 66.5 cm³/mol. The Morgan fingerprint density at radius 2 is 2.24 bits per heavy atom. The maximum Gasteiger partial charge on any atom is 0.182 e. The van der Waals surface area contributed by atoms with Crippen LogP contribution in [0, 0.1) is 0 Å². The molecule has 2 rings (SSSR count). The van der Waals surface area contributed by atoms with Crippen LogP contribution in [0.1, 0.15) is 0 Å². The molecule has 2 heterocycles. The number of H-pyrrole nitrogens is 1. The van der Waals surface area contributed by atoms with E-state index in [4.69, 9.17) is 16.3 Å². The zero-order chi connectivity index (χ0) is 12.1. The molecular weight excluding hydrogens is 242 g/mol. The molecule has 0 fully saturated rings. The van der Waals surface area contributed by atoms with Crippen molar-refractivity contribution in [2.75, 3.05) is 37.6 Å². The third kappa shape index (κ3) is 2.65. The fourth-order valence-corrected chi connectivity index (χ4v) is 1.82. The summed E-state index contributed by atoms with van der Waals surface area (Å²) in [6, 6.07) is 0. The van der Waals surface area contributed by atoms with Gasteiger partial charge in [0, 0.05) is 26.1 Å². The number of imidazole rings is 1. The lowest BCUT2D eigenvalue weighted by atomic mass is 10.4. The van der Waals surface area contributed by atoms with Crippen LogP contribution >= 0.6 is 11.6 Å². The van der Waals surface area contributed by atoms with Crippen LogP contribution in [0.25, 0.3) is 11.2 Å². The minimum Gasteiger partial charge on any atom is -0.383 e. The van der Waals surface area contributed by atoms with Crippen molar-refractivity contribution in [2.45, 2.75) is 0 Å². The van der Waals surface area contributed by atoms with Crippen LogP contribution in [0.2, 0.25) is 0 Å². The number of anilines is 1. The summed E-state index contributed by atoms with van der Waals surface area (Å²) in [5.41, 5.74) is 1.49. The van der Waals surface area contributed by atoms with Crippen molar-refractivity contribution < 1.29 is 4.74 Å². The standard InChI is InChI=1S/C10H14ClN5O/c1-17-5-4-16(3-2-11)10-8-9(13-6-12-8)14-7-15-10/h6-7H,2-5H2,1H3,(H,12,13,14,15). The Balaban J connectivity index is 2.30. The molecule has 6 nitrogen and oxygen atoms in total. The Hall–Kier alpha value is -1.40.